The number of carbonyl (C=O) groups excluding carboxylic acids is 1. The first-order chi connectivity index (χ1) is 22.6. The number of ether oxygens (including phenoxy) is 4. The molecule has 0 radical (unpaired) electrons. The van der Waals surface area contributed by atoms with Gasteiger partial charge < -0.3 is 23.4 Å². The van der Waals surface area contributed by atoms with Crippen molar-refractivity contribution in [1.29, 1.82) is 0 Å². The summed E-state index contributed by atoms with van der Waals surface area (Å²) in [7, 11) is -0.144. The molecule has 0 saturated heterocycles. The molecular formula is C40H60O6Si. The molecular weight excluding hydrogens is 605 g/mol. The Morgan fingerprint density at radius 2 is 1.62 bits per heavy atom. The van der Waals surface area contributed by atoms with Crippen LogP contribution < -0.4 is 9.47 Å². The summed E-state index contributed by atoms with van der Waals surface area (Å²) in [5.74, 6) is 0.843. The smallest absolute Gasteiger partial charge is 0.238 e. The van der Waals surface area contributed by atoms with E-state index in [1.54, 1.807) is 25.3 Å². The Bertz CT molecular complexity index is 1260. The number of allylic oxidation sites excluding steroid dienone is 2. The van der Waals surface area contributed by atoms with Crippen molar-refractivity contribution in [3.63, 3.8) is 0 Å². The van der Waals surface area contributed by atoms with Crippen LogP contribution >= 0.6 is 0 Å². The van der Waals surface area contributed by atoms with Gasteiger partial charge in [0.15, 0.2) is 14.1 Å². The molecule has 5 atom stereocenters. The van der Waals surface area contributed by atoms with Crippen LogP contribution in [-0.2, 0) is 18.7 Å². The minimum Gasteiger partial charge on any atom is -0.490 e. The lowest BCUT2D eigenvalue weighted by molar-refractivity contribution is -0.190. The van der Waals surface area contributed by atoms with Crippen LogP contribution in [0.15, 0.2) is 67.3 Å². The highest BCUT2D eigenvalue weighted by molar-refractivity contribution is 6.77. The number of carbonyl (C=O) groups is 1. The number of methoxy groups -OCH3 is 1. The van der Waals surface area contributed by atoms with Crippen molar-refractivity contribution in [2.75, 3.05) is 33.5 Å². The van der Waals surface area contributed by atoms with E-state index in [2.05, 4.69) is 66.8 Å². The normalized spacial score (nSPS) is 25.0. The van der Waals surface area contributed by atoms with Gasteiger partial charge in [0.25, 0.3) is 0 Å². The fraction of sp³-hybridized carbons (Fsp3) is 0.625. The summed E-state index contributed by atoms with van der Waals surface area (Å²) >= 11 is 0. The molecule has 0 spiro atoms. The number of rotatable bonds is 20. The molecule has 1 aliphatic heterocycles. The highest BCUT2D eigenvalue weighted by atomic mass is 28.4. The number of hydrogen-bond acceptors (Lipinski definition) is 6. The third kappa shape index (κ3) is 7.90. The number of unbranched alkanes of at least 4 members (excludes halogenated alkanes) is 2. The molecule has 0 unspecified atom stereocenters. The largest absolute Gasteiger partial charge is 0.490 e. The van der Waals surface area contributed by atoms with Gasteiger partial charge in [-0.15, -0.1) is 6.58 Å². The molecule has 3 aliphatic rings. The molecule has 260 valence electrons. The van der Waals surface area contributed by atoms with Gasteiger partial charge in [-0.05, 0) is 84.5 Å². The van der Waals surface area contributed by atoms with Gasteiger partial charge in [0.1, 0.15) is 18.1 Å². The van der Waals surface area contributed by atoms with E-state index in [4.69, 9.17) is 23.4 Å². The fourth-order valence-corrected chi connectivity index (χ4v) is 14.5. The maximum absolute atomic E-state index is 13.7. The molecule has 7 heteroatoms. The molecule has 1 aromatic rings. The third-order valence-electron chi connectivity index (χ3n) is 10.8. The lowest BCUT2D eigenvalue weighted by atomic mass is 9.57. The van der Waals surface area contributed by atoms with Crippen molar-refractivity contribution in [2.24, 2.45) is 17.8 Å². The first-order valence-electron chi connectivity index (χ1n) is 18.0. The minimum absolute atomic E-state index is 0.0245. The monoisotopic (exact) mass is 664 g/mol. The molecule has 0 saturated carbocycles. The van der Waals surface area contributed by atoms with E-state index in [-0.39, 0.29) is 23.5 Å². The van der Waals surface area contributed by atoms with Crippen LogP contribution in [0.1, 0.15) is 91.5 Å². The Morgan fingerprint density at radius 1 is 0.936 bits per heavy atom. The molecule has 1 heterocycles. The first kappa shape index (κ1) is 37.4. The second kappa shape index (κ2) is 16.8. The molecule has 0 aromatic heterocycles. The van der Waals surface area contributed by atoms with Crippen LogP contribution in [-0.4, -0.2) is 53.4 Å². The number of fused-ring (bicyclic) bond motifs is 2. The maximum atomic E-state index is 13.7. The average Bonchev–Trinajstić information content (AvgIpc) is 3.04. The molecule has 6 nitrogen and oxygen atoms in total. The quantitative estimate of drug-likeness (QED) is 0.0786. The topological polar surface area (TPSA) is 63.2 Å². The summed E-state index contributed by atoms with van der Waals surface area (Å²) in [5, 5.41) is 0. The molecule has 47 heavy (non-hydrogen) atoms. The van der Waals surface area contributed by atoms with E-state index in [9.17, 15) is 4.79 Å². The van der Waals surface area contributed by atoms with Crippen molar-refractivity contribution in [3.8, 4) is 11.5 Å². The minimum atomic E-state index is -1.91. The van der Waals surface area contributed by atoms with Crippen LogP contribution in [0, 0.1) is 17.8 Å². The van der Waals surface area contributed by atoms with Crippen LogP contribution in [0.3, 0.4) is 0 Å². The highest BCUT2D eigenvalue weighted by Crippen LogP contribution is 2.59. The van der Waals surface area contributed by atoms with Gasteiger partial charge in [0.05, 0.1) is 12.5 Å². The Hall–Kier alpha value is -2.45. The Morgan fingerprint density at radius 3 is 2.28 bits per heavy atom. The van der Waals surface area contributed by atoms with Crippen molar-refractivity contribution < 1.29 is 28.2 Å². The van der Waals surface area contributed by atoms with Crippen molar-refractivity contribution in [2.45, 2.75) is 108 Å². The van der Waals surface area contributed by atoms with Gasteiger partial charge in [0, 0.05) is 37.4 Å². The summed E-state index contributed by atoms with van der Waals surface area (Å²) in [6.07, 6.45) is 15.4. The average molecular weight is 665 g/mol. The molecule has 0 amide bonds. The second-order valence-electron chi connectivity index (χ2n) is 14.5. The van der Waals surface area contributed by atoms with Gasteiger partial charge in [-0.3, -0.25) is 4.79 Å². The first-order valence-corrected chi connectivity index (χ1v) is 20.1. The van der Waals surface area contributed by atoms with Crippen molar-refractivity contribution >= 4 is 14.1 Å². The molecule has 4 rings (SSSR count). The predicted molar refractivity (Wildman–Crippen MR) is 194 cm³/mol. The van der Waals surface area contributed by atoms with Crippen LogP contribution in [0.25, 0.3) is 0 Å². The van der Waals surface area contributed by atoms with Gasteiger partial charge >= 0.3 is 0 Å². The van der Waals surface area contributed by atoms with Crippen LogP contribution in [0.2, 0.25) is 16.6 Å². The summed E-state index contributed by atoms with van der Waals surface area (Å²) in [5.41, 5.74) is 3.62. The Kier molecular flexibility index (Phi) is 13.3. The summed E-state index contributed by atoms with van der Waals surface area (Å²) in [4.78, 5) is 13.7. The summed E-state index contributed by atoms with van der Waals surface area (Å²) in [6.45, 7) is 24.1. The molecule has 2 aliphatic carbocycles. The van der Waals surface area contributed by atoms with Crippen molar-refractivity contribution in [1.82, 2.24) is 0 Å². The zero-order chi connectivity index (χ0) is 34.2. The highest BCUT2D eigenvalue weighted by Gasteiger charge is 2.58. The van der Waals surface area contributed by atoms with E-state index in [1.165, 1.54) is 0 Å². The number of hydrogen-bond donors (Lipinski definition) is 0. The van der Waals surface area contributed by atoms with Gasteiger partial charge in [0.2, 0.25) is 5.79 Å². The lowest BCUT2D eigenvalue weighted by Crippen LogP contribution is -2.56. The Balaban J connectivity index is 1.69. The van der Waals surface area contributed by atoms with Gasteiger partial charge in [-0.25, -0.2) is 0 Å². The van der Waals surface area contributed by atoms with E-state index in [1.807, 2.05) is 18.2 Å². The maximum Gasteiger partial charge on any atom is 0.238 e. The summed E-state index contributed by atoms with van der Waals surface area (Å²) in [6, 6.07) is 6.06. The van der Waals surface area contributed by atoms with Crippen molar-refractivity contribution in [3.05, 3.63) is 72.9 Å². The molecule has 0 N–H and O–H groups in total. The number of ketones is 1. The van der Waals surface area contributed by atoms with Crippen LogP contribution in [0.5, 0.6) is 11.5 Å². The summed E-state index contributed by atoms with van der Waals surface area (Å²) < 4.78 is 31.6. The second-order valence-corrected chi connectivity index (χ2v) is 20.0. The van der Waals surface area contributed by atoms with E-state index < -0.39 is 14.1 Å². The number of benzene rings is 1. The zero-order valence-corrected chi connectivity index (χ0v) is 31.1. The molecule has 1 aromatic carbocycles. The van der Waals surface area contributed by atoms with Crippen LogP contribution in [0.4, 0.5) is 0 Å². The predicted octanol–water partition coefficient (Wildman–Crippen LogP) is 9.73. The van der Waals surface area contributed by atoms with E-state index in [0.717, 1.165) is 74.4 Å². The molecule has 0 fully saturated rings. The van der Waals surface area contributed by atoms with E-state index in [0.29, 0.717) is 35.8 Å². The van der Waals surface area contributed by atoms with Gasteiger partial charge in [-0.1, -0.05) is 79.2 Å². The zero-order valence-electron chi connectivity index (χ0n) is 30.1. The third-order valence-corrected chi connectivity index (χ3v) is 16.9. The van der Waals surface area contributed by atoms with Gasteiger partial charge in [-0.2, -0.15) is 0 Å². The Labute approximate surface area is 285 Å². The van der Waals surface area contributed by atoms with E-state index >= 15 is 0 Å². The fourth-order valence-electron chi connectivity index (χ4n) is 8.97. The standard InChI is InChI=1S/C40H60O6Si/c1-10-22-43-32-18-19-37-35(27-32)38-33(17-13-14-24-42-9)31(16-12-15-25-45-47(28(3)4,29(5)6)30(7)8)26-34-36(41)20-21-40(46-37,39(34)38)44-23-11-2/h10-11,18-21,26-31,33,38-39H,1-2,12-17,22-25H2,3-9H3/t31-,33+,38+,39+,40+/m0/s1. The SMILES string of the molecule is C=CCOc1ccc2c(c1)[C@H]1[C@H](CCCCOC)[C@@H](CCCCO[Si](C(C)C)(C(C)C)C(C)C)C=C3C(=O)C=C[C@@](OCC=C)(O2)[C@H]31. The lowest BCUT2D eigenvalue weighted by Gasteiger charge is -2.54. The molecule has 0 bridgehead atoms.